The molecule has 0 saturated heterocycles. The first-order valence-electron chi connectivity index (χ1n) is 9.81. The Bertz CT molecular complexity index is 895. The molecule has 1 heterocycles. The second kappa shape index (κ2) is 9.84. The highest BCUT2D eigenvalue weighted by molar-refractivity contribution is 7.89. The zero-order valence-electron chi connectivity index (χ0n) is 16.6. The minimum atomic E-state index is -3.87. The average molecular weight is 418 g/mol. The first-order valence-corrected chi connectivity index (χ1v) is 11.3. The summed E-state index contributed by atoms with van der Waals surface area (Å²) < 4.78 is 32.7. The number of methoxy groups -OCH3 is 1. The summed E-state index contributed by atoms with van der Waals surface area (Å²) in [6.07, 6.45) is 8.07. The molecule has 1 N–H and O–H groups in total. The Morgan fingerprint density at radius 1 is 1.17 bits per heavy atom. The van der Waals surface area contributed by atoms with Crippen molar-refractivity contribution in [3.63, 3.8) is 0 Å². The Morgan fingerprint density at radius 2 is 1.90 bits per heavy atom. The summed E-state index contributed by atoms with van der Waals surface area (Å²) in [5.74, 6) is 0.406. The monoisotopic (exact) mass is 417 g/mol. The molecule has 0 aliphatic heterocycles. The zero-order valence-corrected chi connectivity index (χ0v) is 17.4. The smallest absolute Gasteiger partial charge is 0.245 e. The number of amides is 1. The molecular weight excluding hydrogens is 390 g/mol. The van der Waals surface area contributed by atoms with Gasteiger partial charge in [0.05, 0.1) is 13.7 Å². The summed E-state index contributed by atoms with van der Waals surface area (Å²) in [7, 11) is -2.30. The van der Waals surface area contributed by atoms with Gasteiger partial charge in [0.25, 0.3) is 0 Å². The number of ether oxygens (including phenoxy) is 1. The molecule has 0 unspecified atom stereocenters. The van der Waals surface area contributed by atoms with Gasteiger partial charge in [-0.2, -0.15) is 4.31 Å². The highest BCUT2D eigenvalue weighted by atomic mass is 32.2. The minimum absolute atomic E-state index is 0.0685. The fourth-order valence-corrected chi connectivity index (χ4v) is 4.84. The third kappa shape index (κ3) is 5.77. The number of hydrogen-bond donors (Lipinski definition) is 1. The second-order valence-electron chi connectivity index (χ2n) is 7.21. The van der Waals surface area contributed by atoms with Crippen LogP contribution in [-0.2, 0) is 21.4 Å². The van der Waals surface area contributed by atoms with Crippen LogP contribution in [0.25, 0.3) is 0 Å². The Balaban J connectivity index is 1.79. The van der Waals surface area contributed by atoms with Gasteiger partial charge < -0.3 is 10.1 Å². The number of carbonyl (C=O) groups is 1. The summed E-state index contributed by atoms with van der Waals surface area (Å²) in [4.78, 5) is 16.6. The lowest BCUT2D eigenvalue weighted by Gasteiger charge is -2.26. The van der Waals surface area contributed by atoms with E-state index in [1.165, 1.54) is 29.2 Å². The average Bonchev–Trinajstić information content (AvgIpc) is 2.75. The third-order valence-corrected chi connectivity index (χ3v) is 6.86. The van der Waals surface area contributed by atoms with E-state index in [-0.39, 0.29) is 29.9 Å². The van der Waals surface area contributed by atoms with Gasteiger partial charge in [-0.3, -0.25) is 9.78 Å². The number of benzene rings is 1. The third-order valence-electron chi connectivity index (χ3n) is 5.08. The van der Waals surface area contributed by atoms with Crippen molar-refractivity contribution >= 4 is 15.9 Å². The number of nitrogens with zero attached hydrogens (tertiary/aromatic N) is 2. The summed E-state index contributed by atoms with van der Waals surface area (Å²) in [5, 5.41) is 3.00. The molecule has 29 heavy (non-hydrogen) atoms. The largest absolute Gasteiger partial charge is 0.497 e. The van der Waals surface area contributed by atoms with Gasteiger partial charge >= 0.3 is 0 Å². The van der Waals surface area contributed by atoms with E-state index in [9.17, 15) is 13.2 Å². The molecule has 0 atom stereocenters. The zero-order chi connectivity index (χ0) is 20.7. The van der Waals surface area contributed by atoms with Gasteiger partial charge in [-0.1, -0.05) is 31.4 Å². The van der Waals surface area contributed by atoms with E-state index < -0.39 is 10.0 Å². The highest BCUT2D eigenvalue weighted by Gasteiger charge is 2.28. The van der Waals surface area contributed by atoms with Crippen LogP contribution in [0, 0.1) is 0 Å². The molecule has 0 radical (unpaired) electrons. The molecule has 1 saturated carbocycles. The second-order valence-corrected chi connectivity index (χ2v) is 9.15. The lowest BCUT2D eigenvalue weighted by molar-refractivity contribution is -0.122. The lowest BCUT2D eigenvalue weighted by Crippen LogP contribution is -2.44. The molecule has 1 aliphatic carbocycles. The molecule has 1 aliphatic rings. The molecule has 1 amide bonds. The van der Waals surface area contributed by atoms with Crippen molar-refractivity contribution in [1.29, 1.82) is 0 Å². The maximum absolute atomic E-state index is 13.2. The van der Waals surface area contributed by atoms with Crippen molar-refractivity contribution in [1.82, 2.24) is 14.6 Å². The van der Waals surface area contributed by atoms with Crippen LogP contribution in [0.3, 0.4) is 0 Å². The number of carbonyl (C=O) groups excluding carboxylic acids is 1. The predicted molar refractivity (Wildman–Crippen MR) is 110 cm³/mol. The molecule has 0 bridgehead atoms. The van der Waals surface area contributed by atoms with Crippen molar-refractivity contribution in [3.8, 4) is 5.75 Å². The molecule has 1 aromatic heterocycles. The molecule has 1 aromatic carbocycles. The Labute approximate surface area is 172 Å². The van der Waals surface area contributed by atoms with E-state index in [0.717, 1.165) is 31.2 Å². The van der Waals surface area contributed by atoms with Crippen molar-refractivity contribution in [3.05, 3.63) is 54.4 Å². The molecule has 0 spiro atoms. The number of aromatic nitrogens is 1. The Hall–Kier alpha value is -2.45. The minimum Gasteiger partial charge on any atom is -0.497 e. The van der Waals surface area contributed by atoms with Crippen LogP contribution in [0.1, 0.15) is 37.7 Å². The molecular formula is C21H27N3O4S. The van der Waals surface area contributed by atoms with Crippen LogP contribution in [0.4, 0.5) is 0 Å². The fourth-order valence-electron chi connectivity index (χ4n) is 3.49. The number of pyridine rings is 1. The van der Waals surface area contributed by atoms with Crippen molar-refractivity contribution in [2.75, 3.05) is 13.7 Å². The van der Waals surface area contributed by atoms with E-state index in [0.29, 0.717) is 5.75 Å². The summed E-state index contributed by atoms with van der Waals surface area (Å²) in [6.45, 7) is -0.154. The van der Waals surface area contributed by atoms with Crippen LogP contribution in [0.15, 0.2) is 53.7 Å². The van der Waals surface area contributed by atoms with E-state index in [4.69, 9.17) is 4.74 Å². The van der Waals surface area contributed by atoms with Gasteiger partial charge in [0.1, 0.15) is 10.6 Å². The molecule has 1 fully saturated rings. The normalized spacial score (nSPS) is 15.2. The van der Waals surface area contributed by atoms with Crippen molar-refractivity contribution in [2.24, 2.45) is 0 Å². The number of sulfonamides is 1. The molecule has 2 aromatic rings. The molecule has 8 heteroatoms. The Morgan fingerprint density at radius 3 is 2.52 bits per heavy atom. The quantitative estimate of drug-likeness (QED) is 0.713. The van der Waals surface area contributed by atoms with Gasteiger partial charge in [-0.25, -0.2) is 8.42 Å². The lowest BCUT2D eigenvalue weighted by atomic mass is 9.95. The molecule has 156 valence electrons. The van der Waals surface area contributed by atoms with E-state index in [1.807, 2.05) is 0 Å². The van der Waals surface area contributed by atoms with E-state index in [2.05, 4.69) is 10.3 Å². The summed E-state index contributed by atoms with van der Waals surface area (Å²) in [6, 6.07) is 10.3. The van der Waals surface area contributed by atoms with E-state index >= 15 is 0 Å². The number of rotatable bonds is 8. The van der Waals surface area contributed by atoms with Gasteiger partial charge in [-0.05, 0) is 42.7 Å². The van der Waals surface area contributed by atoms with Crippen LogP contribution in [-0.4, -0.2) is 43.3 Å². The van der Waals surface area contributed by atoms with Crippen LogP contribution in [0.5, 0.6) is 5.75 Å². The maximum Gasteiger partial charge on any atom is 0.245 e. The van der Waals surface area contributed by atoms with Gasteiger partial charge in [-0.15, -0.1) is 0 Å². The van der Waals surface area contributed by atoms with Crippen LogP contribution in [0.2, 0.25) is 0 Å². The van der Waals surface area contributed by atoms with Crippen molar-refractivity contribution < 1.29 is 17.9 Å². The summed E-state index contributed by atoms with van der Waals surface area (Å²) in [5.41, 5.74) is 0.767. The van der Waals surface area contributed by atoms with Crippen molar-refractivity contribution in [2.45, 2.75) is 49.6 Å². The number of nitrogens with one attached hydrogen (secondary N) is 1. The standard InChI is InChI=1S/C21H27N3O4S/c1-28-19-11-9-17(10-12-19)15-24(29(26,27)20-8-5-13-22-14-20)16-21(25)23-18-6-3-2-4-7-18/h5,8-14,18H,2-4,6-7,15-16H2,1H3,(H,23,25). The maximum atomic E-state index is 13.2. The van der Waals surface area contributed by atoms with Gasteiger partial charge in [0.2, 0.25) is 15.9 Å². The number of hydrogen-bond acceptors (Lipinski definition) is 5. The fraction of sp³-hybridized carbons (Fsp3) is 0.429. The summed E-state index contributed by atoms with van der Waals surface area (Å²) >= 11 is 0. The van der Waals surface area contributed by atoms with Crippen LogP contribution >= 0.6 is 0 Å². The van der Waals surface area contributed by atoms with Gasteiger partial charge in [0, 0.05) is 25.0 Å². The first-order chi connectivity index (χ1) is 14.0. The molecule has 3 rings (SSSR count). The highest BCUT2D eigenvalue weighted by Crippen LogP contribution is 2.20. The Kier molecular flexibility index (Phi) is 7.22. The van der Waals surface area contributed by atoms with E-state index in [1.54, 1.807) is 37.4 Å². The first kappa shape index (κ1) is 21.3. The topological polar surface area (TPSA) is 88.6 Å². The van der Waals surface area contributed by atoms with Crippen LogP contribution < -0.4 is 10.1 Å². The predicted octanol–water partition coefficient (Wildman–Crippen LogP) is 2.73. The van der Waals surface area contributed by atoms with Gasteiger partial charge in [0.15, 0.2) is 0 Å². The molecule has 7 nitrogen and oxygen atoms in total. The SMILES string of the molecule is COc1ccc(CN(CC(=O)NC2CCCCC2)S(=O)(=O)c2cccnc2)cc1.